The number of hydrogen-bond acceptors (Lipinski definition) is 5. The summed E-state index contributed by atoms with van der Waals surface area (Å²) in [6.45, 7) is 3.06. The Labute approximate surface area is 168 Å². The Hall–Kier alpha value is -3.06. The molecule has 3 aromatic rings. The molecular weight excluding hydrogens is 369 g/mol. The molecule has 3 N–H and O–H groups in total. The number of rotatable bonds is 6. The molecule has 1 amide bonds. The molecular formula is C22H24FN5O. The van der Waals surface area contributed by atoms with E-state index in [1.54, 1.807) is 6.07 Å². The molecule has 1 saturated heterocycles. The Morgan fingerprint density at radius 2 is 2.03 bits per heavy atom. The standard InChI is InChI=1S/C22H24FN5O/c23-19-8-2-7-18-20(19)26-14-27-22(18)25-11-15-4-1-5-16(10-15)12-28-9-3-6-17(13-28)21(24)29/h1-2,4-5,7-8,10,14,17H,3,6,9,11-13H2,(H2,24,29)(H,25,26,27). The predicted octanol–water partition coefficient (Wildman–Crippen LogP) is 3.08. The summed E-state index contributed by atoms with van der Waals surface area (Å²) in [5.41, 5.74) is 8.09. The summed E-state index contributed by atoms with van der Waals surface area (Å²) in [5.74, 6) is -0.00724. The van der Waals surface area contributed by atoms with E-state index in [0.717, 1.165) is 38.0 Å². The Kier molecular flexibility index (Phi) is 5.67. The second-order valence-corrected chi connectivity index (χ2v) is 7.51. The number of primary amides is 1. The first kappa shape index (κ1) is 19.3. The molecule has 2 aromatic carbocycles. The van der Waals surface area contributed by atoms with Crippen LogP contribution in [-0.4, -0.2) is 33.9 Å². The van der Waals surface area contributed by atoms with E-state index < -0.39 is 0 Å². The van der Waals surface area contributed by atoms with E-state index in [4.69, 9.17) is 5.73 Å². The fourth-order valence-corrected chi connectivity index (χ4v) is 3.91. The largest absolute Gasteiger partial charge is 0.369 e. The normalized spacial score (nSPS) is 17.3. The Morgan fingerprint density at radius 3 is 2.90 bits per heavy atom. The molecule has 1 unspecified atom stereocenters. The van der Waals surface area contributed by atoms with E-state index in [1.165, 1.54) is 18.0 Å². The minimum absolute atomic E-state index is 0.0555. The number of hydrogen-bond donors (Lipinski definition) is 2. The maximum absolute atomic E-state index is 13.9. The molecule has 1 fully saturated rings. The van der Waals surface area contributed by atoms with Crippen LogP contribution in [0.4, 0.5) is 10.2 Å². The number of carbonyl (C=O) groups excluding carboxylic acids is 1. The molecule has 0 bridgehead atoms. The zero-order valence-corrected chi connectivity index (χ0v) is 16.1. The van der Waals surface area contributed by atoms with Crippen molar-refractivity contribution >= 4 is 22.6 Å². The van der Waals surface area contributed by atoms with Gasteiger partial charge < -0.3 is 11.1 Å². The van der Waals surface area contributed by atoms with Gasteiger partial charge in [0.05, 0.1) is 5.92 Å². The molecule has 150 valence electrons. The van der Waals surface area contributed by atoms with Crippen molar-refractivity contribution in [3.63, 3.8) is 0 Å². The summed E-state index contributed by atoms with van der Waals surface area (Å²) >= 11 is 0. The summed E-state index contributed by atoms with van der Waals surface area (Å²) in [7, 11) is 0. The highest BCUT2D eigenvalue weighted by atomic mass is 19.1. The van der Waals surface area contributed by atoms with Gasteiger partial charge in [0.15, 0.2) is 0 Å². The van der Waals surface area contributed by atoms with Crippen LogP contribution in [-0.2, 0) is 17.9 Å². The van der Waals surface area contributed by atoms with Gasteiger partial charge in [-0.15, -0.1) is 0 Å². The SMILES string of the molecule is NC(=O)C1CCCN(Cc2cccc(CNc3ncnc4c(F)cccc34)c2)C1. The number of halogens is 1. The Morgan fingerprint density at radius 1 is 1.21 bits per heavy atom. The topological polar surface area (TPSA) is 84.1 Å². The number of likely N-dealkylation sites (tertiary alicyclic amines) is 1. The van der Waals surface area contributed by atoms with Crippen molar-refractivity contribution < 1.29 is 9.18 Å². The number of benzene rings is 2. The number of amides is 1. The number of carbonyl (C=O) groups is 1. The van der Waals surface area contributed by atoms with Gasteiger partial charge in [-0.2, -0.15) is 0 Å². The second-order valence-electron chi connectivity index (χ2n) is 7.51. The summed E-state index contributed by atoms with van der Waals surface area (Å²) in [6, 6.07) is 13.2. The molecule has 0 radical (unpaired) electrons. The third-order valence-corrected chi connectivity index (χ3v) is 5.38. The molecule has 6 nitrogen and oxygen atoms in total. The first-order chi connectivity index (χ1) is 14.1. The summed E-state index contributed by atoms with van der Waals surface area (Å²) < 4.78 is 13.9. The molecule has 0 aliphatic carbocycles. The third-order valence-electron chi connectivity index (χ3n) is 5.38. The van der Waals surface area contributed by atoms with Gasteiger partial charge in [0, 0.05) is 25.0 Å². The van der Waals surface area contributed by atoms with E-state index in [0.29, 0.717) is 23.3 Å². The minimum atomic E-state index is -0.356. The van der Waals surface area contributed by atoms with Crippen LogP contribution in [0.25, 0.3) is 10.9 Å². The van der Waals surface area contributed by atoms with Crippen LogP contribution in [0.15, 0.2) is 48.8 Å². The molecule has 2 heterocycles. The van der Waals surface area contributed by atoms with Crippen molar-refractivity contribution in [3.8, 4) is 0 Å². The number of nitrogens with two attached hydrogens (primary N) is 1. The number of piperidine rings is 1. The van der Waals surface area contributed by atoms with Gasteiger partial charge in [-0.25, -0.2) is 14.4 Å². The molecule has 0 saturated carbocycles. The zero-order chi connectivity index (χ0) is 20.2. The fraction of sp³-hybridized carbons (Fsp3) is 0.318. The highest BCUT2D eigenvalue weighted by molar-refractivity contribution is 5.89. The molecule has 4 rings (SSSR count). The van der Waals surface area contributed by atoms with Crippen molar-refractivity contribution in [2.75, 3.05) is 18.4 Å². The lowest BCUT2D eigenvalue weighted by Gasteiger charge is -2.31. The highest BCUT2D eigenvalue weighted by Crippen LogP contribution is 2.22. The minimum Gasteiger partial charge on any atom is -0.369 e. The van der Waals surface area contributed by atoms with E-state index in [1.807, 2.05) is 18.2 Å². The fourth-order valence-electron chi connectivity index (χ4n) is 3.91. The number of aromatic nitrogens is 2. The van der Waals surface area contributed by atoms with Gasteiger partial charge in [-0.1, -0.05) is 30.3 Å². The number of nitrogens with one attached hydrogen (secondary N) is 1. The highest BCUT2D eigenvalue weighted by Gasteiger charge is 2.23. The molecule has 0 spiro atoms. The van der Waals surface area contributed by atoms with Crippen molar-refractivity contribution in [1.82, 2.24) is 14.9 Å². The average Bonchev–Trinajstić information content (AvgIpc) is 2.73. The molecule has 1 aromatic heterocycles. The number of anilines is 1. The zero-order valence-electron chi connectivity index (χ0n) is 16.1. The van der Waals surface area contributed by atoms with Crippen molar-refractivity contribution in [2.24, 2.45) is 11.7 Å². The quantitative estimate of drug-likeness (QED) is 0.672. The Bertz CT molecular complexity index is 1030. The number of para-hydroxylation sites is 1. The van der Waals surface area contributed by atoms with Gasteiger partial charge in [0.2, 0.25) is 5.91 Å². The first-order valence-electron chi connectivity index (χ1n) is 9.83. The van der Waals surface area contributed by atoms with Crippen LogP contribution < -0.4 is 11.1 Å². The number of fused-ring (bicyclic) bond motifs is 1. The lowest BCUT2D eigenvalue weighted by molar-refractivity contribution is -0.123. The van der Waals surface area contributed by atoms with Crippen LogP contribution in [0.2, 0.25) is 0 Å². The maximum Gasteiger partial charge on any atom is 0.221 e. The van der Waals surface area contributed by atoms with Gasteiger partial charge in [0.25, 0.3) is 0 Å². The average molecular weight is 393 g/mol. The van der Waals surface area contributed by atoms with E-state index >= 15 is 0 Å². The summed E-state index contributed by atoms with van der Waals surface area (Å²) in [4.78, 5) is 22.1. The lowest BCUT2D eigenvalue weighted by Crippen LogP contribution is -2.40. The third kappa shape index (κ3) is 4.51. The van der Waals surface area contributed by atoms with Crippen LogP contribution >= 0.6 is 0 Å². The lowest BCUT2D eigenvalue weighted by atomic mass is 9.97. The molecule has 1 aliphatic rings. The molecule has 1 atom stereocenters. The van der Waals surface area contributed by atoms with Crippen molar-refractivity contribution in [3.05, 3.63) is 65.7 Å². The van der Waals surface area contributed by atoms with Crippen LogP contribution in [0.3, 0.4) is 0 Å². The molecule has 1 aliphatic heterocycles. The molecule has 29 heavy (non-hydrogen) atoms. The van der Waals surface area contributed by atoms with Gasteiger partial charge in [-0.3, -0.25) is 9.69 Å². The smallest absolute Gasteiger partial charge is 0.221 e. The van der Waals surface area contributed by atoms with Crippen LogP contribution in [0, 0.1) is 11.7 Å². The molecule has 7 heteroatoms. The summed E-state index contributed by atoms with van der Waals surface area (Å²) in [6.07, 6.45) is 3.24. The van der Waals surface area contributed by atoms with Gasteiger partial charge in [0.1, 0.15) is 23.5 Å². The number of nitrogens with zero attached hydrogens (tertiary/aromatic N) is 3. The maximum atomic E-state index is 13.9. The van der Waals surface area contributed by atoms with Crippen molar-refractivity contribution in [1.29, 1.82) is 0 Å². The first-order valence-corrected chi connectivity index (χ1v) is 9.83. The van der Waals surface area contributed by atoms with E-state index in [2.05, 4.69) is 32.3 Å². The summed E-state index contributed by atoms with van der Waals surface area (Å²) in [5, 5.41) is 3.95. The predicted molar refractivity (Wildman–Crippen MR) is 110 cm³/mol. The van der Waals surface area contributed by atoms with Gasteiger partial charge >= 0.3 is 0 Å². The van der Waals surface area contributed by atoms with Crippen LogP contribution in [0.1, 0.15) is 24.0 Å². The van der Waals surface area contributed by atoms with E-state index in [9.17, 15) is 9.18 Å². The van der Waals surface area contributed by atoms with E-state index in [-0.39, 0.29) is 17.6 Å². The second kappa shape index (κ2) is 8.53. The van der Waals surface area contributed by atoms with Gasteiger partial charge in [-0.05, 0) is 42.6 Å². The Balaban J connectivity index is 1.43. The monoisotopic (exact) mass is 393 g/mol. The van der Waals surface area contributed by atoms with Crippen molar-refractivity contribution in [2.45, 2.75) is 25.9 Å². The van der Waals surface area contributed by atoms with Crippen LogP contribution in [0.5, 0.6) is 0 Å².